The van der Waals surface area contributed by atoms with Gasteiger partial charge in [-0.1, -0.05) is 19.3 Å². The van der Waals surface area contributed by atoms with Gasteiger partial charge in [0.15, 0.2) is 0 Å². The molecule has 0 unspecified atom stereocenters. The topological polar surface area (TPSA) is 34.6 Å². The number of hydrogen-bond acceptors (Lipinski definition) is 4. The Balaban J connectivity index is 0.000000508. The second-order valence-corrected chi connectivity index (χ2v) is 6.70. The van der Waals surface area contributed by atoms with E-state index in [1.54, 1.807) is 14.2 Å². The molecule has 4 heteroatoms. The summed E-state index contributed by atoms with van der Waals surface area (Å²) in [6, 6.07) is 8.25. The Morgan fingerprint density at radius 2 is 1.83 bits per heavy atom. The van der Waals surface area contributed by atoms with Crippen LogP contribution in [0.4, 0.5) is 5.69 Å². The van der Waals surface area contributed by atoms with E-state index in [9.17, 15) is 0 Å². The zero-order valence-corrected chi connectivity index (χ0v) is 14.8. The Morgan fingerprint density at radius 1 is 1.08 bits per heavy atom. The Morgan fingerprint density at radius 3 is 2.46 bits per heavy atom. The summed E-state index contributed by atoms with van der Waals surface area (Å²) >= 11 is 0. The van der Waals surface area contributed by atoms with Crippen LogP contribution in [0.2, 0.25) is 0 Å². The normalized spacial score (nSPS) is 17.3. The van der Waals surface area contributed by atoms with Gasteiger partial charge in [0.1, 0.15) is 5.75 Å². The van der Waals surface area contributed by atoms with E-state index >= 15 is 0 Å². The number of hydrogen-bond donors (Lipinski definition) is 0. The monoisotopic (exact) mass is 328 g/mol. The molecule has 130 valence electrons. The van der Waals surface area contributed by atoms with Crippen molar-refractivity contribution in [3.8, 4) is 5.75 Å². The summed E-state index contributed by atoms with van der Waals surface area (Å²) in [5.41, 5.74) is 2.19. The van der Waals surface area contributed by atoms with Gasteiger partial charge in [-0.15, -0.1) is 0 Å². The standard InChI is InChI=1S/C17H22N2O2.C3H6/c1-20-12-13-5-7-19(8-6-13)15-9-14-3-4-16(21-2)10-17(14)18-11-15;1-2-3-1/h3-4,9-11,13H,5-8,12H2,1-2H3;1-3H2. The third kappa shape index (κ3) is 4.60. The highest BCUT2D eigenvalue weighted by atomic mass is 16.5. The van der Waals surface area contributed by atoms with Crippen molar-refractivity contribution in [2.24, 2.45) is 5.92 Å². The van der Waals surface area contributed by atoms with Crippen LogP contribution in [0.5, 0.6) is 5.75 Å². The van der Waals surface area contributed by atoms with E-state index in [1.165, 1.54) is 37.8 Å². The highest BCUT2D eigenvalue weighted by Crippen LogP contribution is 2.27. The van der Waals surface area contributed by atoms with Gasteiger partial charge in [0.2, 0.25) is 0 Å². The first-order chi connectivity index (χ1) is 11.8. The molecule has 4 nitrogen and oxygen atoms in total. The van der Waals surface area contributed by atoms with E-state index in [2.05, 4.69) is 22.0 Å². The fourth-order valence-corrected chi connectivity index (χ4v) is 2.98. The molecule has 1 aliphatic heterocycles. The van der Waals surface area contributed by atoms with Crippen LogP contribution >= 0.6 is 0 Å². The molecule has 0 bridgehead atoms. The highest BCUT2D eigenvalue weighted by molar-refractivity contribution is 5.83. The predicted molar refractivity (Wildman–Crippen MR) is 99.0 cm³/mol. The smallest absolute Gasteiger partial charge is 0.121 e. The third-order valence-electron chi connectivity index (χ3n) is 4.61. The summed E-state index contributed by atoms with van der Waals surface area (Å²) in [4.78, 5) is 6.99. The van der Waals surface area contributed by atoms with Gasteiger partial charge in [0.05, 0.1) is 24.5 Å². The van der Waals surface area contributed by atoms with E-state index in [1.807, 2.05) is 18.3 Å². The molecule has 2 fully saturated rings. The minimum Gasteiger partial charge on any atom is -0.497 e. The number of benzene rings is 1. The van der Waals surface area contributed by atoms with Crippen molar-refractivity contribution in [3.63, 3.8) is 0 Å². The number of aromatic nitrogens is 1. The average molecular weight is 328 g/mol. The lowest BCUT2D eigenvalue weighted by molar-refractivity contribution is 0.139. The maximum atomic E-state index is 5.26. The van der Waals surface area contributed by atoms with Crippen LogP contribution < -0.4 is 9.64 Å². The van der Waals surface area contributed by atoms with Crippen molar-refractivity contribution < 1.29 is 9.47 Å². The van der Waals surface area contributed by atoms with Crippen LogP contribution in [0.15, 0.2) is 30.5 Å². The van der Waals surface area contributed by atoms with Crippen LogP contribution in [0.3, 0.4) is 0 Å². The molecular formula is C20H28N2O2. The summed E-state index contributed by atoms with van der Waals surface area (Å²) in [7, 11) is 3.47. The average Bonchev–Trinajstić information content (AvgIpc) is 3.51. The molecule has 2 aliphatic rings. The molecule has 1 aromatic heterocycles. The van der Waals surface area contributed by atoms with Crippen LogP contribution in [-0.2, 0) is 4.74 Å². The number of methoxy groups -OCH3 is 2. The number of pyridine rings is 1. The lowest BCUT2D eigenvalue weighted by Gasteiger charge is -2.33. The number of ether oxygens (including phenoxy) is 2. The fourth-order valence-electron chi connectivity index (χ4n) is 2.98. The molecule has 0 N–H and O–H groups in total. The van der Waals surface area contributed by atoms with Gasteiger partial charge in [-0.3, -0.25) is 4.98 Å². The summed E-state index contributed by atoms with van der Waals surface area (Å²) < 4.78 is 10.5. The zero-order valence-electron chi connectivity index (χ0n) is 14.8. The lowest BCUT2D eigenvalue weighted by atomic mass is 9.97. The Hall–Kier alpha value is -1.81. The predicted octanol–water partition coefficient (Wildman–Crippen LogP) is 4.28. The maximum Gasteiger partial charge on any atom is 0.121 e. The Kier molecular flexibility index (Phi) is 5.91. The third-order valence-corrected chi connectivity index (χ3v) is 4.61. The minimum absolute atomic E-state index is 0.698. The van der Waals surface area contributed by atoms with Crippen LogP contribution in [-0.4, -0.2) is 38.9 Å². The van der Waals surface area contributed by atoms with Gasteiger partial charge in [0, 0.05) is 38.3 Å². The lowest BCUT2D eigenvalue weighted by Crippen LogP contribution is -2.35. The van der Waals surface area contributed by atoms with Crippen molar-refractivity contribution in [1.29, 1.82) is 0 Å². The molecule has 2 heterocycles. The molecule has 1 aliphatic carbocycles. The fraction of sp³-hybridized carbons (Fsp3) is 0.550. The number of piperidine rings is 1. The molecule has 1 saturated carbocycles. The summed E-state index contributed by atoms with van der Waals surface area (Å²) in [5.74, 6) is 1.55. The van der Waals surface area contributed by atoms with E-state index < -0.39 is 0 Å². The number of nitrogens with zero attached hydrogens (tertiary/aromatic N) is 2. The zero-order chi connectivity index (χ0) is 16.8. The quantitative estimate of drug-likeness (QED) is 0.839. The number of fused-ring (bicyclic) bond motifs is 1. The van der Waals surface area contributed by atoms with E-state index in [0.717, 1.165) is 36.3 Å². The van der Waals surface area contributed by atoms with Gasteiger partial charge >= 0.3 is 0 Å². The molecule has 0 atom stereocenters. The van der Waals surface area contributed by atoms with Gasteiger partial charge in [-0.05, 0) is 37.0 Å². The van der Waals surface area contributed by atoms with E-state index in [0.29, 0.717) is 5.92 Å². The van der Waals surface area contributed by atoms with Crippen molar-refractivity contribution in [1.82, 2.24) is 4.98 Å². The molecule has 2 aromatic rings. The maximum absolute atomic E-state index is 5.26. The first-order valence-electron chi connectivity index (χ1n) is 8.98. The van der Waals surface area contributed by atoms with Crippen molar-refractivity contribution in [2.45, 2.75) is 32.1 Å². The number of anilines is 1. The molecule has 24 heavy (non-hydrogen) atoms. The number of rotatable bonds is 4. The van der Waals surface area contributed by atoms with Crippen molar-refractivity contribution >= 4 is 16.6 Å². The summed E-state index contributed by atoms with van der Waals surface area (Å²) in [6.07, 6.45) is 8.85. The summed E-state index contributed by atoms with van der Waals surface area (Å²) in [6.45, 7) is 3.04. The van der Waals surface area contributed by atoms with Crippen LogP contribution in [0.25, 0.3) is 10.9 Å². The van der Waals surface area contributed by atoms with Crippen LogP contribution in [0, 0.1) is 5.92 Å². The van der Waals surface area contributed by atoms with Crippen LogP contribution in [0.1, 0.15) is 32.1 Å². The van der Waals surface area contributed by atoms with Gasteiger partial charge in [0.25, 0.3) is 0 Å². The molecule has 0 amide bonds. The molecular weight excluding hydrogens is 300 g/mol. The van der Waals surface area contributed by atoms with Crippen molar-refractivity contribution in [3.05, 3.63) is 30.5 Å². The summed E-state index contributed by atoms with van der Waals surface area (Å²) in [5, 5.41) is 1.16. The first kappa shape index (κ1) is 17.0. The van der Waals surface area contributed by atoms with Gasteiger partial charge < -0.3 is 14.4 Å². The molecule has 1 aromatic carbocycles. The van der Waals surface area contributed by atoms with Crippen molar-refractivity contribution in [2.75, 3.05) is 38.8 Å². The van der Waals surface area contributed by atoms with Gasteiger partial charge in [-0.2, -0.15) is 0 Å². The highest BCUT2D eigenvalue weighted by Gasteiger charge is 2.19. The largest absolute Gasteiger partial charge is 0.497 e. The SMILES string of the molecule is C1CC1.COCC1CCN(c2cnc3cc(OC)ccc3c2)CC1. The molecule has 4 rings (SSSR count). The second-order valence-electron chi connectivity index (χ2n) is 6.70. The van der Waals surface area contributed by atoms with Gasteiger partial charge in [-0.25, -0.2) is 0 Å². The molecule has 0 spiro atoms. The minimum atomic E-state index is 0.698. The Bertz CT molecular complexity index is 646. The molecule has 0 radical (unpaired) electrons. The molecule has 1 saturated heterocycles. The van der Waals surface area contributed by atoms with E-state index in [4.69, 9.17) is 9.47 Å². The second kappa shape index (κ2) is 8.34. The Labute approximate surface area is 144 Å². The van der Waals surface area contributed by atoms with E-state index in [-0.39, 0.29) is 0 Å². The first-order valence-corrected chi connectivity index (χ1v) is 8.98.